The maximum atomic E-state index is 13.2. The average Bonchev–Trinajstić information content (AvgIpc) is 2.71. The summed E-state index contributed by atoms with van der Waals surface area (Å²) in [6, 6.07) is 6.57. The molecule has 5 heteroatoms. The summed E-state index contributed by atoms with van der Waals surface area (Å²) < 4.78 is 5.35. The number of nitrogens with zero attached hydrogens (tertiary/aromatic N) is 3. The maximum Gasteiger partial charge on any atom is 0.251 e. The van der Waals surface area contributed by atoms with Crippen LogP contribution < -0.4 is 4.74 Å². The number of hydrogen-bond acceptors (Lipinski definition) is 4. The van der Waals surface area contributed by atoms with Crippen molar-refractivity contribution in [2.75, 3.05) is 33.8 Å². The van der Waals surface area contributed by atoms with Gasteiger partial charge in [-0.3, -0.25) is 4.79 Å². The van der Waals surface area contributed by atoms with Crippen molar-refractivity contribution < 1.29 is 9.53 Å². The second-order valence-corrected chi connectivity index (χ2v) is 8.65. The van der Waals surface area contributed by atoms with Crippen molar-refractivity contribution in [3.05, 3.63) is 58.9 Å². The number of carbonyl (C=O) groups is 1. The Kier molecular flexibility index (Phi) is 6.71. The molecule has 3 rings (SSSR count). The standard InChI is InChI=1S/C25H35N3O2/c1-17-13-23(27-11-10-26(6)20(4)15-27)16-28(21(17)5)25(29)14-18(2)22-8-9-24(30-7)19(3)12-22/h8-9,12-14,16,20-21H,10-11,15H2,1-7H3/b18-14+/t20-,21?/m1/s1. The van der Waals surface area contributed by atoms with E-state index in [1.54, 1.807) is 13.2 Å². The zero-order valence-electron chi connectivity index (χ0n) is 19.4. The molecular formula is C25H35N3O2. The van der Waals surface area contributed by atoms with Crippen LogP contribution >= 0.6 is 0 Å². The van der Waals surface area contributed by atoms with Crippen molar-refractivity contribution in [3.63, 3.8) is 0 Å². The van der Waals surface area contributed by atoms with Crippen molar-refractivity contribution >= 4 is 11.5 Å². The molecule has 1 aromatic rings. The maximum absolute atomic E-state index is 13.2. The van der Waals surface area contributed by atoms with Crippen LogP contribution in [0.4, 0.5) is 0 Å². The molecule has 5 nitrogen and oxygen atoms in total. The third-order valence-electron chi connectivity index (χ3n) is 6.49. The Labute approximate surface area is 181 Å². The Hall–Kier alpha value is -2.53. The zero-order chi connectivity index (χ0) is 22.0. The summed E-state index contributed by atoms with van der Waals surface area (Å²) in [5.74, 6) is 0.873. The summed E-state index contributed by atoms with van der Waals surface area (Å²) in [7, 11) is 3.84. The number of amides is 1. The van der Waals surface area contributed by atoms with E-state index in [9.17, 15) is 4.79 Å². The van der Waals surface area contributed by atoms with Crippen LogP contribution in [0.1, 0.15) is 38.8 Å². The summed E-state index contributed by atoms with van der Waals surface area (Å²) >= 11 is 0. The van der Waals surface area contributed by atoms with Gasteiger partial charge in [-0.15, -0.1) is 0 Å². The van der Waals surface area contributed by atoms with E-state index in [-0.39, 0.29) is 11.9 Å². The Balaban J connectivity index is 1.83. The van der Waals surface area contributed by atoms with Gasteiger partial charge in [0.2, 0.25) is 0 Å². The highest BCUT2D eigenvalue weighted by molar-refractivity contribution is 5.96. The SMILES string of the molecule is COc1ccc(/C(C)=C/C(=O)N2C=C(N3CCN(C)[C@H](C)C3)C=C(C)C2C)cc1C. The summed E-state index contributed by atoms with van der Waals surface area (Å²) in [5.41, 5.74) is 5.39. The number of methoxy groups -OCH3 is 1. The normalized spacial score (nSPS) is 23.2. The molecule has 1 saturated heterocycles. The first-order valence-corrected chi connectivity index (χ1v) is 10.7. The van der Waals surface area contributed by atoms with E-state index in [0.29, 0.717) is 6.04 Å². The van der Waals surface area contributed by atoms with Gasteiger partial charge in [0.15, 0.2) is 0 Å². The predicted molar refractivity (Wildman–Crippen MR) is 123 cm³/mol. The molecule has 1 amide bonds. The Bertz CT molecular complexity index is 900. The number of allylic oxidation sites excluding steroid dienone is 2. The Morgan fingerprint density at radius 1 is 1.20 bits per heavy atom. The molecule has 0 aliphatic carbocycles. The number of rotatable bonds is 4. The molecule has 2 heterocycles. The Morgan fingerprint density at radius 3 is 2.57 bits per heavy atom. The van der Waals surface area contributed by atoms with Gasteiger partial charge in [-0.25, -0.2) is 0 Å². The van der Waals surface area contributed by atoms with Gasteiger partial charge in [0.05, 0.1) is 18.8 Å². The first kappa shape index (κ1) is 22.2. The lowest BCUT2D eigenvalue weighted by Crippen LogP contribution is -2.50. The molecule has 0 aromatic heterocycles. The van der Waals surface area contributed by atoms with E-state index in [2.05, 4.69) is 49.8 Å². The molecule has 0 radical (unpaired) electrons. The molecule has 0 bridgehead atoms. The van der Waals surface area contributed by atoms with Crippen molar-refractivity contribution in [2.24, 2.45) is 0 Å². The molecule has 1 fully saturated rings. The highest BCUT2D eigenvalue weighted by Crippen LogP contribution is 2.27. The number of likely N-dealkylation sites (N-methyl/N-ethyl adjacent to an activating group) is 1. The summed E-state index contributed by atoms with van der Waals surface area (Å²) in [6.45, 7) is 13.4. The van der Waals surface area contributed by atoms with Crippen LogP contribution in [-0.2, 0) is 4.79 Å². The van der Waals surface area contributed by atoms with Gasteiger partial charge in [-0.1, -0.05) is 6.07 Å². The number of aryl methyl sites for hydroxylation is 1. The average molecular weight is 410 g/mol. The number of benzene rings is 1. The first-order valence-electron chi connectivity index (χ1n) is 10.7. The summed E-state index contributed by atoms with van der Waals surface area (Å²) in [4.78, 5) is 19.9. The quantitative estimate of drug-likeness (QED) is 0.703. The van der Waals surface area contributed by atoms with Crippen molar-refractivity contribution in [2.45, 2.75) is 46.7 Å². The monoisotopic (exact) mass is 409 g/mol. The minimum Gasteiger partial charge on any atom is -0.496 e. The van der Waals surface area contributed by atoms with Gasteiger partial charge in [0.25, 0.3) is 5.91 Å². The molecule has 0 saturated carbocycles. The van der Waals surface area contributed by atoms with E-state index in [1.807, 2.05) is 37.1 Å². The topological polar surface area (TPSA) is 36.0 Å². The van der Waals surface area contributed by atoms with Crippen molar-refractivity contribution in [1.82, 2.24) is 14.7 Å². The van der Waals surface area contributed by atoms with E-state index in [1.165, 1.54) is 5.57 Å². The lowest BCUT2D eigenvalue weighted by Gasteiger charge is -2.41. The smallest absolute Gasteiger partial charge is 0.251 e. The second kappa shape index (κ2) is 9.09. The molecular weight excluding hydrogens is 374 g/mol. The summed E-state index contributed by atoms with van der Waals surface area (Å²) in [5, 5.41) is 0. The number of hydrogen-bond donors (Lipinski definition) is 0. The van der Waals surface area contributed by atoms with E-state index >= 15 is 0 Å². The van der Waals surface area contributed by atoms with Gasteiger partial charge in [0, 0.05) is 38.0 Å². The predicted octanol–water partition coefficient (Wildman–Crippen LogP) is 4.06. The molecule has 162 valence electrons. The fourth-order valence-corrected chi connectivity index (χ4v) is 4.04. The molecule has 1 unspecified atom stereocenters. The van der Waals surface area contributed by atoms with Crippen LogP contribution in [0, 0.1) is 6.92 Å². The van der Waals surface area contributed by atoms with E-state index < -0.39 is 0 Å². The van der Waals surface area contributed by atoms with E-state index in [0.717, 1.165) is 47.8 Å². The van der Waals surface area contributed by atoms with Crippen LogP contribution in [0.3, 0.4) is 0 Å². The van der Waals surface area contributed by atoms with Gasteiger partial charge >= 0.3 is 0 Å². The molecule has 0 spiro atoms. The van der Waals surface area contributed by atoms with Gasteiger partial charge in [0.1, 0.15) is 5.75 Å². The molecule has 30 heavy (non-hydrogen) atoms. The van der Waals surface area contributed by atoms with Crippen LogP contribution in [0.25, 0.3) is 5.57 Å². The molecule has 0 N–H and O–H groups in total. The lowest BCUT2D eigenvalue weighted by atomic mass is 10.0. The molecule has 2 aliphatic heterocycles. The van der Waals surface area contributed by atoms with Crippen molar-refractivity contribution in [3.8, 4) is 5.75 Å². The zero-order valence-corrected chi connectivity index (χ0v) is 19.4. The van der Waals surface area contributed by atoms with Crippen molar-refractivity contribution in [1.29, 1.82) is 0 Å². The van der Waals surface area contributed by atoms with Crippen LogP contribution in [-0.4, -0.2) is 66.5 Å². The van der Waals surface area contributed by atoms with Gasteiger partial charge < -0.3 is 19.4 Å². The third-order valence-corrected chi connectivity index (χ3v) is 6.49. The fraction of sp³-hybridized carbons (Fsp3) is 0.480. The first-order chi connectivity index (χ1) is 14.2. The highest BCUT2D eigenvalue weighted by Gasteiger charge is 2.27. The minimum absolute atomic E-state index is 0.0144. The van der Waals surface area contributed by atoms with Gasteiger partial charge in [-0.2, -0.15) is 0 Å². The van der Waals surface area contributed by atoms with Crippen LogP contribution in [0.5, 0.6) is 5.75 Å². The molecule has 1 aromatic carbocycles. The molecule has 2 atom stereocenters. The second-order valence-electron chi connectivity index (χ2n) is 8.65. The lowest BCUT2D eigenvalue weighted by molar-refractivity contribution is -0.124. The third kappa shape index (κ3) is 4.62. The number of carbonyl (C=O) groups excluding carboxylic acids is 1. The molecule has 2 aliphatic rings. The van der Waals surface area contributed by atoms with Crippen LogP contribution in [0.2, 0.25) is 0 Å². The Morgan fingerprint density at radius 2 is 1.93 bits per heavy atom. The van der Waals surface area contributed by atoms with Gasteiger partial charge in [-0.05, 0) is 82.1 Å². The largest absolute Gasteiger partial charge is 0.496 e. The summed E-state index contributed by atoms with van der Waals surface area (Å²) in [6.07, 6.45) is 6.01. The highest BCUT2D eigenvalue weighted by atomic mass is 16.5. The fourth-order valence-electron chi connectivity index (χ4n) is 4.04. The van der Waals surface area contributed by atoms with E-state index in [4.69, 9.17) is 4.74 Å². The number of ether oxygens (including phenoxy) is 1. The number of piperazine rings is 1. The van der Waals surface area contributed by atoms with Crippen LogP contribution in [0.15, 0.2) is 47.8 Å². The minimum atomic E-state index is 0.0144.